The second-order valence-electron chi connectivity index (χ2n) is 5.39. The van der Waals surface area contributed by atoms with Crippen LogP contribution in [0.5, 0.6) is 0 Å². The van der Waals surface area contributed by atoms with E-state index in [1.54, 1.807) is 17.0 Å². The number of nitro groups is 1. The Hall–Kier alpha value is -1.95. The number of carbonyl (C=O) groups is 1. The van der Waals surface area contributed by atoms with Crippen molar-refractivity contribution in [3.63, 3.8) is 0 Å². The molecular weight excluding hydrogens is 258 g/mol. The van der Waals surface area contributed by atoms with Crippen molar-refractivity contribution < 1.29 is 9.72 Å². The Bertz CT molecular complexity index is 513. The van der Waals surface area contributed by atoms with Gasteiger partial charge in [-0.25, -0.2) is 0 Å². The van der Waals surface area contributed by atoms with E-state index in [2.05, 4.69) is 0 Å². The van der Waals surface area contributed by atoms with Crippen LogP contribution in [0.3, 0.4) is 0 Å². The molecule has 20 heavy (non-hydrogen) atoms. The normalized spacial score (nSPS) is 23.2. The summed E-state index contributed by atoms with van der Waals surface area (Å²) in [6.07, 6.45) is 1.10. The molecule has 0 saturated carbocycles. The van der Waals surface area contributed by atoms with Gasteiger partial charge in [-0.3, -0.25) is 14.9 Å². The summed E-state index contributed by atoms with van der Waals surface area (Å²) in [7, 11) is 0. The fourth-order valence-corrected chi connectivity index (χ4v) is 2.75. The molecule has 0 spiro atoms. The average Bonchev–Trinajstić information content (AvgIpc) is 2.40. The van der Waals surface area contributed by atoms with Crippen LogP contribution >= 0.6 is 0 Å². The highest BCUT2D eigenvalue weighted by atomic mass is 16.6. The number of benzene rings is 1. The third-order valence-corrected chi connectivity index (χ3v) is 3.69. The quantitative estimate of drug-likeness (QED) is 0.676. The van der Waals surface area contributed by atoms with Crippen LogP contribution in [-0.2, 0) is 4.79 Å². The number of carbonyl (C=O) groups excluding carboxylic acids is 1. The van der Waals surface area contributed by atoms with Crippen LogP contribution in [0.15, 0.2) is 24.3 Å². The summed E-state index contributed by atoms with van der Waals surface area (Å²) in [5.74, 6) is 0.0880. The number of likely N-dealkylation sites (tertiary alicyclic amines) is 1. The van der Waals surface area contributed by atoms with E-state index < -0.39 is 4.92 Å². The maximum atomic E-state index is 12.1. The molecule has 108 valence electrons. The molecule has 0 radical (unpaired) electrons. The fourth-order valence-electron chi connectivity index (χ4n) is 2.75. The zero-order chi connectivity index (χ0) is 14.9. The molecule has 2 unspecified atom stereocenters. The largest absolute Gasteiger partial charge is 0.332 e. The first-order valence-corrected chi connectivity index (χ1v) is 6.73. The summed E-state index contributed by atoms with van der Waals surface area (Å²) < 4.78 is 0. The van der Waals surface area contributed by atoms with Gasteiger partial charge in [-0.1, -0.05) is 12.1 Å². The van der Waals surface area contributed by atoms with Gasteiger partial charge < -0.3 is 10.6 Å². The van der Waals surface area contributed by atoms with Crippen LogP contribution < -0.4 is 5.73 Å². The van der Waals surface area contributed by atoms with Gasteiger partial charge in [0.05, 0.1) is 11.0 Å². The lowest BCUT2D eigenvalue weighted by molar-refractivity contribution is -0.384. The van der Waals surface area contributed by atoms with E-state index in [1.165, 1.54) is 12.1 Å². The second kappa shape index (κ2) is 5.58. The molecule has 1 aliphatic heterocycles. The zero-order valence-corrected chi connectivity index (χ0v) is 11.7. The smallest absolute Gasteiger partial charge is 0.269 e. The Morgan fingerprint density at radius 3 is 2.45 bits per heavy atom. The maximum absolute atomic E-state index is 12.1. The summed E-state index contributed by atoms with van der Waals surface area (Å²) in [6, 6.07) is 6.00. The third-order valence-electron chi connectivity index (χ3n) is 3.69. The summed E-state index contributed by atoms with van der Waals surface area (Å²) in [6.45, 7) is 3.91. The van der Waals surface area contributed by atoms with E-state index in [-0.39, 0.29) is 29.7 Å². The maximum Gasteiger partial charge on any atom is 0.269 e. The van der Waals surface area contributed by atoms with Crippen LogP contribution in [0.1, 0.15) is 38.3 Å². The third kappa shape index (κ3) is 2.65. The van der Waals surface area contributed by atoms with Gasteiger partial charge in [-0.2, -0.15) is 0 Å². The zero-order valence-electron chi connectivity index (χ0n) is 11.7. The van der Waals surface area contributed by atoms with Crippen LogP contribution in [-0.4, -0.2) is 27.8 Å². The molecule has 0 aliphatic carbocycles. The first kappa shape index (κ1) is 14.5. The van der Waals surface area contributed by atoms with Gasteiger partial charge in [0.25, 0.3) is 5.69 Å². The molecule has 0 aromatic heterocycles. The minimum atomic E-state index is -0.435. The number of hydrogen-bond donors (Lipinski definition) is 1. The molecule has 6 heteroatoms. The molecule has 2 atom stereocenters. The van der Waals surface area contributed by atoms with Crippen molar-refractivity contribution in [2.45, 2.75) is 44.8 Å². The second-order valence-corrected chi connectivity index (χ2v) is 5.39. The van der Waals surface area contributed by atoms with Crippen LogP contribution in [0.2, 0.25) is 0 Å². The molecule has 1 aromatic carbocycles. The number of non-ortho nitro benzene ring substituents is 1. The van der Waals surface area contributed by atoms with Crippen molar-refractivity contribution in [3.8, 4) is 0 Å². The minimum absolute atomic E-state index is 0.0422. The Balaban J connectivity index is 2.35. The van der Waals surface area contributed by atoms with Gasteiger partial charge in [0.15, 0.2) is 0 Å². The molecule has 1 heterocycles. The van der Waals surface area contributed by atoms with Gasteiger partial charge in [0.1, 0.15) is 0 Å². The van der Waals surface area contributed by atoms with Crippen LogP contribution in [0, 0.1) is 10.1 Å². The number of piperidine rings is 1. The molecular formula is C14H19N3O3. The number of rotatable bonds is 3. The van der Waals surface area contributed by atoms with E-state index in [9.17, 15) is 14.9 Å². The molecule has 6 nitrogen and oxygen atoms in total. The standard InChI is InChI=1S/C14H19N3O3/c1-9(2)16-13(18)8-7-12(15)14(16)10-3-5-11(6-4-10)17(19)20/h3-6,9,12,14H,7-8,15H2,1-2H3. The van der Waals surface area contributed by atoms with Crippen molar-refractivity contribution in [2.24, 2.45) is 5.73 Å². The SMILES string of the molecule is CC(C)N1C(=O)CCC(N)C1c1ccc([N+](=O)[O-])cc1. The Morgan fingerprint density at radius 1 is 1.35 bits per heavy atom. The molecule has 2 rings (SSSR count). The van der Waals surface area contributed by atoms with Gasteiger partial charge in [-0.15, -0.1) is 0 Å². The van der Waals surface area contributed by atoms with E-state index in [1.807, 2.05) is 13.8 Å². The first-order chi connectivity index (χ1) is 9.41. The molecule has 1 aromatic rings. The Labute approximate surface area is 117 Å². The molecule has 1 saturated heterocycles. The predicted molar refractivity (Wildman–Crippen MR) is 75.0 cm³/mol. The van der Waals surface area contributed by atoms with E-state index in [0.717, 1.165) is 5.56 Å². The Kier molecular flexibility index (Phi) is 4.04. The van der Waals surface area contributed by atoms with E-state index in [0.29, 0.717) is 12.8 Å². The number of nitrogens with two attached hydrogens (primary N) is 1. The highest BCUT2D eigenvalue weighted by Crippen LogP contribution is 2.33. The van der Waals surface area contributed by atoms with Gasteiger partial charge in [0.2, 0.25) is 5.91 Å². The van der Waals surface area contributed by atoms with Crippen molar-refractivity contribution in [2.75, 3.05) is 0 Å². The molecule has 1 amide bonds. The molecule has 0 bridgehead atoms. The predicted octanol–water partition coefficient (Wildman–Crippen LogP) is 1.99. The van der Waals surface area contributed by atoms with Crippen molar-refractivity contribution in [1.29, 1.82) is 0 Å². The number of hydrogen-bond acceptors (Lipinski definition) is 4. The van der Waals surface area contributed by atoms with Gasteiger partial charge in [0, 0.05) is 30.6 Å². The lowest BCUT2D eigenvalue weighted by Gasteiger charge is -2.42. The highest BCUT2D eigenvalue weighted by Gasteiger charge is 2.36. The van der Waals surface area contributed by atoms with E-state index in [4.69, 9.17) is 5.73 Å². The summed E-state index contributed by atoms with van der Waals surface area (Å²) in [5.41, 5.74) is 7.07. The molecule has 1 aliphatic rings. The van der Waals surface area contributed by atoms with Gasteiger partial charge >= 0.3 is 0 Å². The summed E-state index contributed by atoms with van der Waals surface area (Å²) in [5, 5.41) is 10.7. The number of nitrogens with zero attached hydrogens (tertiary/aromatic N) is 2. The first-order valence-electron chi connectivity index (χ1n) is 6.73. The minimum Gasteiger partial charge on any atom is -0.332 e. The monoisotopic (exact) mass is 277 g/mol. The van der Waals surface area contributed by atoms with Crippen molar-refractivity contribution in [3.05, 3.63) is 39.9 Å². The summed E-state index contributed by atoms with van der Waals surface area (Å²) >= 11 is 0. The van der Waals surface area contributed by atoms with Crippen LogP contribution in [0.4, 0.5) is 5.69 Å². The lowest BCUT2D eigenvalue weighted by Crippen LogP contribution is -2.51. The number of amides is 1. The average molecular weight is 277 g/mol. The fraction of sp³-hybridized carbons (Fsp3) is 0.500. The molecule has 2 N–H and O–H groups in total. The van der Waals surface area contributed by atoms with E-state index >= 15 is 0 Å². The van der Waals surface area contributed by atoms with Crippen molar-refractivity contribution in [1.82, 2.24) is 4.90 Å². The van der Waals surface area contributed by atoms with Gasteiger partial charge in [-0.05, 0) is 25.8 Å². The summed E-state index contributed by atoms with van der Waals surface area (Å²) in [4.78, 5) is 24.1. The number of nitro benzene ring substituents is 1. The van der Waals surface area contributed by atoms with Crippen molar-refractivity contribution >= 4 is 11.6 Å². The lowest BCUT2D eigenvalue weighted by atomic mass is 9.89. The van der Waals surface area contributed by atoms with Crippen LogP contribution in [0.25, 0.3) is 0 Å². The Morgan fingerprint density at radius 2 is 1.95 bits per heavy atom. The topological polar surface area (TPSA) is 89.5 Å². The highest BCUT2D eigenvalue weighted by molar-refractivity contribution is 5.78. The molecule has 1 fully saturated rings.